The van der Waals surface area contributed by atoms with Crippen LogP contribution in [0, 0.1) is 6.92 Å². The molecule has 0 aliphatic carbocycles. The summed E-state index contributed by atoms with van der Waals surface area (Å²) in [7, 11) is -4.14. The fourth-order valence-electron chi connectivity index (χ4n) is 3.79. The molecule has 2 aromatic carbocycles. The zero-order chi connectivity index (χ0) is 25.1. The number of benzene rings is 2. The van der Waals surface area contributed by atoms with E-state index in [0.29, 0.717) is 45.4 Å². The fourth-order valence-corrected chi connectivity index (χ4v) is 4.68. The second-order valence-electron chi connectivity index (χ2n) is 8.07. The average molecular weight is 506 g/mol. The maximum Gasteiger partial charge on any atom is 0.322 e. The van der Waals surface area contributed by atoms with Crippen LogP contribution in [0.1, 0.15) is 11.3 Å². The van der Waals surface area contributed by atoms with Crippen LogP contribution in [-0.4, -0.2) is 41.9 Å². The summed E-state index contributed by atoms with van der Waals surface area (Å²) in [5.41, 5.74) is 3.70. The minimum atomic E-state index is -4.14. The standard InChI is InChI=1S/C25H23N5O5S/c1-16-2-4-17(5-3-16)23-20(10-13-31)27-24(18-8-11-26-12-9-18)28-25(23)30-36(32,33)29-19-6-7-21-22(14-19)35-15-34-21/h2-9,11-12,14,29,31H,10,13,15H2,1H3,(H,27,28,30). The number of ether oxygens (including phenoxy) is 2. The molecular weight excluding hydrogens is 482 g/mol. The van der Waals surface area contributed by atoms with Crippen LogP contribution in [-0.2, 0) is 16.6 Å². The van der Waals surface area contributed by atoms with E-state index in [9.17, 15) is 13.5 Å². The molecule has 3 N–H and O–H groups in total. The zero-order valence-corrected chi connectivity index (χ0v) is 20.1. The van der Waals surface area contributed by atoms with E-state index in [4.69, 9.17) is 9.47 Å². The summed E-state index contributed by atoms with van der Waals surface area (Å²) in [6.07, 6.45) is 3.40. The Morgan fingerprint density at radius 3 is 2.42 bits per heavy atom. The van der Waals surface area contributed by atoms with Crippen molar-refractivity contribution >= 4 is 21.7 Å². The average Bonchev–Trinajstić information content (AvgIpc) is 3.33. The molecule has 36 heavy (non-hydrogen) atoms. The summed E-state index contributed by atoms with van der Waals surface area (Å²) in [5.74, 6) is 1.37. The highest BCUT2D eigenvalue weighted by molar-refractivity contribution is 7.94. The summed E-state index contributed by atoms with van der Waals surface area (Å²) in [6.45, 7) is 1.86. The predicted molar refractivity (Wildman–Crippen MR) is 135 cm³/mol. The van der Waals surface area contributed by atoms with Gasteiger partial charge >= 0.3 is 10.2 Å². The Morgan fingerprint density at radius 2 is 1.67 bits per heavy atom. The molecule has 10 nitrogen and oxygen atoms in total. The van der Waals surface area contributed by atoms with Gasteiger partial charge in [-0.25, -0.2) is 14.7 Å². The van der Waals surface area contributed by atoms with E-state index >= 15 is 0 Å². The van der Waals surface area contributed by atoms with E-state index in [0.717, 1.165) is 5.56 Å². The van der Waals surface area contributed by atoms with Crippen molar-refractivity contribution < 1.29 is 23.0 Å². The second kappa shape index (κ2) is 9.80. The minimum Gasteiger partial charge on any atom is -0.454 e. The summed E-state index contributed by atoms with van der Waals surface area (Å²) >= 11 is 0. The van der Waals surface area contributed by atoms with E-state index in [-0.39, 0.29) is 25.6 Å². The van der Waals surface area contributed by atoms with Crippen LogP contribution in [0.4, 0.5) is 11.5 Å². The van der Waals surface area contributed by atoms with E-state index in [2.05, 4.69) is 24.4 Å². The lowest BCUT2D eigenvalue weighted by atomic mass is 10.0. The first-order valence-corrected chi connectivity index (χ1v) is 12.6. The van der Waals surface area contributed by atoms with Crippen molar-refractivity contribution in [3.05, 3.63) is 78.2 Å². The maximum absolute atomic E-state index is 13.2. The predicted octanol–water partition coefficient (Wildman–Crippen LogP) is 3.55. The quantitative estimate of drug-likeness (QED) is 0.331. The highest BCUT2D eigenvalue weighted by Crippen LogP contribution is 2.36. The molecular formula is C25H23N5O5S. The van der Waals surface area contributed by atoms with Gasteiger partial charge in [-0.05, 0) is 36.8 Å². The number of anilines is 2. The molecule has 0 unspecified atom stereocenters. The largest absolute Gasteiger partial charge is 0.454 e. The SMILES string of the molecule is Cc1ccc(-c2c(CCO)nc(-c3ccncc3)nc2NS(=O)(=O)Nc2ccc3c(c2)OCO3)cc1. The number of nitrogens with one attached hydrogen (secondary N) is 2. The van der Waals surface area contributed by atoms with Gasteiger partial charge in [0.25, 0.3) is 0 Å². The van der Waals surface area contributed by atoms with Gasteiger partial charge in [-0.3, -0.25) is 9.71 Å². The molecule has 0 saturated carbocycles. The fraction of sp³-hybridized carbons (Fsp3) is 0.160. The summed E-state index contributed by atoms with van der Waals surface area (Å²) in [4.78, 5) is 13.3. The summed E-state index contributed by atoms with van der Waals surface area (Å²) < 4.78 is 42.1. The molecule has 0 bridgehead atoms. The van der Waals surface area contributed by atoms with Crippen LogP contribution >= 0.6 is 0 Å². The number of nitrogens with zero attached hydrogens (tertiary/aromatic N) is 3. The van der Waals surface area contributed by atoms with Crippen LogP contribution in [0.3, 0.4) is 0 Å². The van der Waals surface area contributed by atoms with Gasteiger partial charge in [-0.2, -0.15) is 8.42 Å². The molecule has 184 valence electrons. The van der Waals surface area contributed by atoms with Crippen LogP contribution in [0.25, 0.3) is 22.5 Å². The van der Waals surface area contributed by atoms with Crippen molar-refractivity contribution in [1.29, 1.82) is 0 Å². The third kappa shape index (κ3) is 5.07. The zero-order valence-electron chi connectivity index (χ0n) is 19.3. The molecule has 0 amide bonds. The summed E-state index contributed by atoms with van der Waals surface area (Å²) in [6, 6.07) is 15.8. The smallest absolute Gasteiger partial charge is 0.322 e. The van der Waals surface area contributed by atoms with Crippen molar-refractivity contribution in [2.75, 3.05) is 22.8 Å². The minimum absolute atomic E-state index is 0.0794. The molecule has 4 aromatic rings. The molecule has 0 fully saturated rings. The molecule has 0 spiro atoms. The Bertz CT molecular complexity index is 1500. The highest BCUT2D eigenvalue weighted by atomic mass is 32.2. The first-order chi connectivity index (χ1) is 17.4. The van der Waals surface area contributed by atoms with Crippen molar-refractivity contribution in [2.24, 2.45) is 0 Å². The number of rotatable bonds is 8. The normalized spacial score (nSPS) is 12.4. The molecule has 0 atom stereocenters. The maximum atomic E-state index is 13.2. The third-order valence-electron chi connectivity index (χ3n) is 5.47. The number of pyridine rings is 1. The lowest BCUT2D eigenvalue weighted by molar-refractivity contribution is 0.174. The highest BCUT2D eigenvalue weighted by Gasteiger charge is 2.22. The van der Waals surface area contributed by atoms with Crippen LogP contribution in [0.5, 0.6) is 11.5 Å². The molecule has 0 radical (unpaired) electrons. The van der Waals surface area contributed by atoms with E-state index in [1.54, 1.807) is 42.7 Å². The van der Waals surface area contributed by atoms with Crippen LogP contribution in [0.2, 0.25) is 0 Å². The summed E-state index contributed by atoms with van der Waals surface area (Å²) in [5, 5.41) is 9.75. The number of aliphatic hydroxyl groups excluding tert-OH is 1. The van der Waals surface area contributed by atoms with E-state index < -0.39 is 10.2 Å². The molecule has 1 aliphatic rings. The van der Waals surface area contributed by atoms with Crippen molar-refractivity contribution in [1.82, 2.24) is 15.0 Å². The molecule has 2 aromatic heterocycles. The number of hydrogen-bond acceptors (Lipinski definition) is 8. The van der Waals surface area contributed by atoms with Crippen molar-refractivity contribution in [3.8, 4) is 34.0 Å². The number of fused-ring (bicyclic) bond motifs is 1. The number of aryl methyl sites for hydroxylation is 1. The number of aliphatic hydroxyl groups is 1. The van der Waals surface area contributed by atoms with Gasteiger partial charge in [0.1, 0.15) is 0 Å². The van der Waals surface area contributed by atoms with Gasteiger partial charge in [-0.15, -0.1) is 0 Å². The molecule has 11 heteroatoms. The number of aromatic nitrogens is 3. The Hall–Kier alpha value is -4.22. The second-order valence-corrected chi connectivity index (χ2v) is 9.48. The Morgan fingerprint density at radius 1 is 0.917 bits per heavy atom. The first kappa shape index (κ1) is 23.5. The molecule has 5 rings (SSSR count). The van der Waals surface area contributed by atoms with Gasteiger partial charge in [0.15, 0.2) is 23.1 Å². The van der Waals surface area contributed by atoms with Gasteiger partial charge in [0, 0.05) is 42.6 Å². The van der Waals surface area contributed by atoms with Gasteiger partial charge in [0.05, 0.1) is 11.4 Å². The van der Waals surface area contributed by atoms with Crippen molar-refractivity contribution in [3.63, 3.8) is 0 Å². The first-order valence-electron chi connectivity index (χ1n) is 11.1. The van der Waals surface area contributed by atoms with E-state index in [1.165, 1.54) is 0 Å². The van der Waals surface area contributed by atoms with Gasteiger partial charge in [-0.1, -0.05) is 29.8 Å². The topological polar surface area (TPSA) is 136 Å². The Labute approximate surface area is 208 Å². The molecule has 0 saturated heterocycles. The Balaban J connectivity index is 1.59. The van der Waals surface area contributed by atoms with Gasteiger partial charge in [0.2, 0.25) is 6.79 Å². The monoisotopic (exact) mass is 505 g/mol. The number of hydrogen-bond donors (Lipinski definition) is 3. The van der Waals surface area contributed by atoms with Crippen LogP contribution in [0.15, 0.2) is 67.0 Å². The van der Waals surface area contributed by atoms with Crippen molar-refractivity contribution in [2.45, 2.75) is 13.3 Å². The lowest BCUT2D eigenvalue weighted by Crippen LogP contribution is -2.23. The third-order valence-corrected chi connectivity index (χ3v) is 6.43. The lowest BCUT2D eigenvalue weighted by Gasteiger charge is -2.18. The van der Waals surface area contributed by atoms with E-state index in [1.807, 2.05) is 31.2 Å². The van der Waals surface area contributed by atoms with Gasteiger partial charge < -0.3 is 14.6 Å². The Kier molecular flexibility index (Phi) is 6.40. The molecule has 1 aliphatic heterocycles. The van der Waals surface area contributed by atoms with Crippen LogP contribution < -0.4 is 18.9 Å². The molecule has 3 heterocycles.